The predicted octanol–water partition coefficient (Wildman–Crippen LogP) is 2.43. The topological polar surface area (TPSA) is 101 Å². The van der Waals surface area contributed by atoms with E-state index in [2.05, 4.69) is 10.3 Å². The van der Waals surface area contributed by atoms with Gasteiger partial charge in [0, 0.05) is 25.6 Å². The van der Waals surface area contributed by atoms with Gasteiger partial charge in [0.25, 0.3) is 0 Å². The number of hydrogen-bond donors (Lipinski definition) is 2. The largest absolute Gasteiger partial charge is 0.476 e. The minimum Gasteiger partial charge on any atom is -0.476 e. The number of alkyl halides is 3. The first-order chi connectivity index (χ1) is 14.4. The lowest BCUT2D eigenvalue weighted by Gasteiger charge is -2.27. The average Bonchev–Trinajstić information content (AvgIpc) is 3.06. The number of ketones is 2. The Morgan fingerprint density at radius 2 is 1.77 bits per heavy atom. The highest BCUT2D eigenvalue weighted by Gasteiger charge is 2.44. The van der Waals surface area contributed by atoms with E-state index in [9.17, 15) is 40.7 Å². The molecule has 0 saturated heterocycles. The summed E-state index contributed by atoms with van der Waals surface area (Å²) < 4.78 is 80.5. The minimum atomic E-state index is -5.07. The van der Waals surface area contributed by atoms with Crippen LogP contribution in [0.4, 0.5) is 26.3 Å². The Labute approximate surface area is 169 Å². The van der Waals surface area contributed by atoms with Crippen molar-refractivity contribution in [2.75, 3.05) is 6.54 Å². The van der Waals surface area contributed by atoms with Crippen LogP contribution in [0, 0.1) is 17.5 Å². The Bertz CT molecular complexity index is 1080. The molecule has 166 valence electrons. The van der Waals surface area contributed by atoms with Crippen LogP contribution >= 0.6 is 0 Å². The van der Waals surface area contributed by atoms with Gasteiger partial charge in [0.15, 0.2) is 23.1 Å². The molecule has 13 heteroatoms. The standard InChI is InChI=1S/C18H13F6N3O4/c19-9-4-11(21)10(20)2-7(9)1-8(28)3-14(29)12-5-25-6-13-15(16(30)31)26-17(27(12)13)18(22,23)24/h2,4,12,25H,1,3,5-6H2,(H,30,31). The number of aromatic nitrogens is 2. The van der Waals surface area contributed by atoms with Crippen LogP contribution < -0.4 is 5.32 Å². The van der Waals surface area contributed by atoms with Crippen LogP contribution in [0.15, 0.2) is 12.1 Å². The smallest absolute Gasteiger partial charge is 0.449 e. The van der Waals surface area contributed by atoms with Crippen molar-refractivity contribution in [3.05, 3.63) is 52.4 Å². The predicted molar refractivity (Wildman–Crippen MR) is 89.6 cm³/mol. The van der Waals surface area contributed by atoms with Gasteiger partial charge >= 0.3 is 12.1 Å². The summed E-state index contributed by atoms with van der Waals surface area (Å²) in [6, 6.07) is -0.921. The number of nitrogens with one attached hydrogen (secondary N) is 1. The first kappa shape index (κ1) is 22.5. The minimum absolute atomic E-state index is 0.228. The van der Waals surface area contributed by atoms with E-state index in [1.807, 2.05) is 0 Å². The fourth-order valence-corrected chi connectivity index (χ4v) is 3.30. The molecule has 3 rings (SSSR count). The van der Waals surface area contributed by atoms with Crippen LogP contribution in [0.2, 0.25) is 0 Å². The molecule has 7 nitrogen and oxygen atoms in total. The summed E-state index contributed by atoms with van der Waals surface area (Å²) in [4.78, 5) is 39.1. The van der Waals surface area contributed by atoms with Gasteiger partial charge in [-0.25, -0.2) is 22.9 Å². The summed E-state index contributed by atoms with van der Waals surface area (Å²) in [6.07, 6.45) is -6.81. The number of carbonyl (C=O) groups is 3. The van der Waals surface area contributed by atoms with Crippen molar-refractivity contribution < 1.29 is 45.8 Å². The van der Waals surface area contributed by atoms with E-state index in [-0.39, 0.29) is 24.8 Å². The highest BCUT2D eigenvalue weighted by Crippen LogP contribution is 2.34. The summed E-state index contributed by atoms with van der Waals surface area (Å²) in [5, 5.41) is 11.7. The molecule has 0 radical (unpaired) electrons. The normalized spacial score (nSPS) is 16.1. The van der Waals surface area contributed by atoms with Crippen LogP contribution in [0.5, 0.6) is 0 Å². The molecule has 0 amide bonds. The van der Waals surface area contributed by atoms with Crippen molar-refractivity contribution in [1.82, 2.24) is 14.9 Å². The van der Waals surface area contributed by atoms with E-state index in [1.54, 1.807) is 0 Å². The molecule has 2 N–H and O–H groups in total. The van der Waals surface area contributed by atoms with Crippen molar-refractivity contribution in [3.8, 4) is 0 Å². The van der Waals surface area contributed by atoms with Crippen LogP contribution in [0.25, 0.3) is 0 Å². The fraction of sp³-hybridized carbons (Fsp3) is 0.333. The summed E-state index contributed by atoms with van der Waals surface area (Å²) in [5.41, 5.74) is -1.79. The third-order valence-electron chi connectivity index (χ3n) is 4.63. The summed E-state index contributed by atoms with van der Waals surface area (Å²) in [7, 11) is 0. The van der Waals surface area contributed by atoms with Crippen molar-refractivity contribution in [3.63, 3.8) is 0 Å². The molecular weight excluding hydrogens is 436 g/mol. The van der Waals surface area contributed by atoms with Crippen molar-refractivity contribution in [1.29, 1.82) is 0 Å². The van der Waals surface area contributed by atoms with E-state index in [4.69, 9.17) is 5.11 Å². The van der Waals surface area contributed by atoms with Gasteiger partial charge in [0.2, 0.25) is 5.82 Å². The zero-order valence-corrected chi connectivity index (χ0v) is 15.4. The quantitative estimate of drug-likeness (QED) is 0.399. The number of rotatable bonds is 6. The first-order valence-electron chi connectivity index (χ1n) is 8.70. The fourth-order valence-electron chi connectivity index (χ4n) is 3.30. The number of aromatic carboxylic acids is 1. The van der Waals surface area contributed by atoms with Gasteiger partial charge in [-0.15, -0.1) is 0 Å². The number of nitrogens with zero attached hydrogens (tertiary/aromatic N) is 2. The molecule has 1 aliphatic heterocycles. The molecule has 31 heavy (non-hydrogen) atoms. The zero-order chi connectivity index (χ0) is 23.1. The number of fused-ring (bicyclic) bond motifs is 1. The molecule has 2 aromatic rings. The van der Waals surface area contributed by atoms with Gasteiger partial charge in [-0.1, -0.05) is 0 Å². The molecule has 1 aromatic heterocycles. The summed E-state index contributed by atoms with van der Waals surface area (Å²) in [6.45, 7) is -0.639. The Morgan fingerprint density at radius 1 is 1.13 bits per heavy atom. The third kappa shape index (κ3) is 4.45. The lowest BCUT2D eigenvalue weighted by Crippen LogP contribution is -2.40. The molecular formula is C18H13F6N3O4. The molecule has 1 unspecified atom stereocenters. The van der Waals surface area contributed by atoms with Crippen molar-refractivity contribution in [2.45, 2.75) is 31.6 Å². The van der Waals surface area contributed by atoms with Crippen molar-refractivity contribution in [2.24, 2.45) is 0 Å². The van der Waals surface area contributed by atoms with Gasteiger partial charge in [-0.05, 0) is 11.6 Å². The number of Topliss-reactive ketones (excluding diaryl/α,β-unsaturated/α-hetero) is 2. The highest BCUT2D eigenvalue weighted by atomic mass is 19.4. The van der Waals surface area contributed by atoms with E-state index < -0.39 is 77.1 Å². The monoisotopic (exact) mass is 449 g/mol. The second-order valence-electron chi connectivity index (χ2n) is 6.77. The lowest BCUT2D eigenvalue weighted by molar-refractivity contribution is -0.149. The maximum absolute atomic E-state index is 13.7. The Kier molecular flexibility index (Phi) is 5.89. The lowest BCUT2D eigenvalue weighted by atomic mass is 10.00. The molecule has 0 spiro atoms. The van der Waals surface area contributed by atoms with Crippen LogP contribution in [0.1, 0.15) is 40.0 Å². The Balaban J connectivity index is 1.87. The molecule has 2 heterocycles. The van der Waals surface area contributed by atoms with E-state index in [0.717, 1.165) is 0 Å². The second kappa shape index (κ2) is 8.13. The summed E-state index contributed by atoms with van der Waals surface area (Å²) in [5.74, 6) is -9.39. The van der Waals surface area contributed by atoms with Gasteiger partial charge in [0.1, 0.15) is 17.6 Å². The van der Waals surface area contributed by atoms with Gasteiger partial charge in [0.05, 0.1) is 12.1 Å². The summed E-state index contributed by atoms with van der Waals surface area (Å²) >= 11 is 0. The Hall–Kier alpha value is -3.22. The molecule has 1 aliphatic rings. The molecule has 0 saturated carbocycles. The maximum atomic E-state index is 13.7. The van der Waals surface area contributed by atoms with Crippen LogP contribution in [0.3, 0.4) is 0 Å². The van der Waals surface area contributed by atoms with E-state index >= 15 is 0 Å². The number of hydrogen-bond acceptors (Lipinski definition) is 5. The van der Waals surface area contributed by atoms with Gasteiger partial charge in [-0.2, -0.15) is 13.2 Å². The number of carboxylic acid groups (broad SMARTS) is 1. The molecule has 0 bridgehead atoms. The number of carbonyl (C=O) groups excluding carboxylic acids is 2. The van der Waals surface area contributed by atoms with Gasteiger partial charge in [-0.3, -0.25) is 9.59 Å². The number of halogens is 6. The number of benzene rings is 1. The zero-order valence-electron chi connectivity index (χ0n) is 15.4. The maximum Gasteiger partial charge on any atom is 0.449 e. The molecule has 1 atom stereocenters. The number of imidazole rings is 1. The molecule has 0 aliphatic carbocycles. The third-order valence-corrected chi connectivity index (χ3v) is 4.63. The molecule has 1 aromatic carbocycles. The van der Waals surface area contributed by atoms with Crippen LogP contribution in [-0.2, 0) is 28.7 Å². The van der Waals surface area contributed by atoms with Crippen LogP contribution in [-0.4, -0.2) is 38.7 Å². The average molecular weight is 449 g/mol. The van der Waals surface area contributed by atoms with Crippen molar-refractivity contribution >= 4 is 17.5 Å². The second-order valence-corrected chi connectivity index (χ2v) is 6.77. The number of carboxylic acids is 1. The van der Waals surface area contributed by atoms with Gasteiger partial charge < -0.3 is 15.0 Å². The Morgan fingerprint density at radius 3 is 2.39 bits per heavy atom. The first-order valence-corrected chi connectivity index (χ1v) is 8.70. The highest BCUT2D eigenvalue weighted by molar-refractivity contribution is 6.02. The van der Waals surface area contributed by atoms with E-state index in [0.29, 0.717) is 10.6 Å². The SMILES string of the molecule is O=C(CC(=O)C1CNCc2c(C(=O)O)nc(C(F)(F)F)n21)Cc1cc(F)c(F)cc1F. The van der Waals surface area contributed by atoms with E-state index in [1.165, 1.54) is 0 Å². The molecule has 0 fully saturated rings.